The second-order valence-electron chi connectivity index (χ2n) is 4.37. The lowest BCUT2D eigenvalue weighted by Gasteiger charge is -2.01. The first-order valence-electron chi connectivity index (χ1n) is 5.98. The molecule has 0 atom stereocenters. The van der Waals surface area contributed by atoms with Gasteiger partial charge < -0.3 is 0 Å². The highest BCUT2D eigenvalue weighted by molar-refractivity contribution is 5.97. The SMILES string of the molecule is O=[N+]([O-])c1ccc(C=C2C=Cc3ccccc32)cc1. The number of nitro benzene ring substituents is 1. The summed E-state index contributed by atoms with van der Waals surface area (Å²) in [6, 6.07) is 14.7. The number of rotatable bonds is 2. The summed E-state index contributed by atoms with van der Waals surface area (Å²) in [5, 5.41) is 10.6. The first-order chi connectivity index (χ1) is 9.24. The van der Waals surface area contributed by atoms with Crippen molar-refractivity contribution < 1.29 is 4.92 Å². The van der Waals surface area contributed by atoms with Crippen molar-refractivity contribution >= 4 is 23.4 Å². The molecule has 1 aliphatic carbocycles. The molecule has 0 saturated heterocycles. The molecule has 1 aliphatic rings. The van der Waals surface area contributed by atoms with Gasteiger partial charge in [0.05, 0.1) is 4.92 Å². The van der Waals surface area contributed by atoms with Crippen LogP contribution < -0.4 is 0 Å². The third-order valence-corrected chi connectivity index (χ3v) is 3.14. The lowest BCUT2D eigenvalue weighted by Crippen LogP contribution is -1.87. The zero-order valence-corrected chi connectivity index (χ0v) is 10.1. The summed E-state index contributed by atoms with van der Waals surface area (Å²) in [5.74, 6) is 0. The number of hydrogen-bond acceptors (Lipinski definition) is 2. The number of nitro groups is 1. The maximum absolute atomic E-state index is 10.6. The summed E-state index contributed by atoms with van der Waals surface area (Å²) in [6.45, 7) is 0. The monoisotopic (exact) mass is 249 g/mol. The van der Waals surface area contributed by atoms with E-state index in [2.05, 4.69) is 24.3 Å². The molecule has 3 rings (SSSR count). The third kappa shape index (κ3) is 2.18. The summed E-state index contributed by atoms with van der Waals surface area (Å²) in [7, 11) is 0. The van der Waals surface area contributed by atoms with Crippen LogP contribution in [0.15, 0.2) is 54.6 Å². The zero-order chi connectivity index (χ0) is 13.2. The van der Waals surface area contributed by atoms with Gasteiger partial charge in [-0.2, -0.15) is 0 Å². The molecule has 0 heterocycles. The van der Waals surface area contributed by atoms with E-state index in [1.807, 2.05) is 18.2 Å². The van der Waals surface area contributed by atoms with Gasteiger partial charge in [0, 0.05) is 12.1 Å². The smallest absolute Gasteiger partial charge is 0.258 e. The Kier molecular flexibility index (Phi) is 2.72. The van der Waals surface area contributed by atoms with Gasteiger partial charge in [-0.25, -0.2) is 0 Å². The predicted octanol–water partition coefficient (Wildman–Crippen LogP) is 4.16. The molecule has 0 aliphatic heterocycles. The number of fused-ring (bicyclic) bond motifs is 1. The third-order valence-electron chi connectivity index (χ3n) is 3.14. The molecule has 0 saturated carbocycles. The van der Waals surface area contributed by atoms with Crippen LogP contribution in [-0.4, -0.2) is 4.92 Å². The van der Waals surface area contributed by atoms with Crippen LogP contribution in [0.2, 0.25) is 0 Å². The molecule has 0 fully saturated rings. The Morgan fingerprint density at radius 2 is 1.68 bits per heavy atom. The van der Waals surface area contributed by atoms with Crippen LogP contribution in [0.25, 0.3) is 17.7 Å². The maximum Gasteiger partial charge on any atom is 0.269 e. The summed E-state index contributed by atoms with van der Waals surface area (Å²) < 4.78 is 0. The molecular weight excluding hydrogens is 238 g/mol. The molecule has 3 nitrogen and oxygen atoms in total. The van der Waals surface area contributed by atoms with E-state index in [0.29, 0.717) is 0 Å². The minimum absolute atomic E-state index is 0.115. The number of nitrogens with zero attached hydrogens (tertiary/aromatic N) is 1. The molecule has 0 aromatic heterocycles. The second kappa shape index (κ2) is 4.53. The lowest BCUT2D eigenvalue weighted by atomic mass is 10.0. The molecule has 0 spiro atoms. The second-order valence-corrected chi connectivity index (χ2v) is 4.37. The van der Waals surface area contributed by atoms with E-state index in [0.717, 1.165) is 11.1 Å². The van der Waals surface area contributed by atoms with Crippen molar-refractivity contribution in [2.45, 2.75) is 0 Å². The molecule has 0 amide bonds. The van der Waals surface area contributed by atoms with Gasteiger partial charge in [0.25, 0.3) is 5.69 Å². The molecule has 19 heavy (non-hydrogen) atoms. The van der Waals surface area contributed by atoms with Crippen LogP contribution in [0.4, 0.5) is 5.69 Å². The number of hydrogen-bond donors (Lipinski definition) is 0. The van der Waals surface area contributed by atoms with Gasteiger partial charge in [-0.1, -0.05) is 36.4 Å². The predicted molar refractivity (Wildman–Crippen MR) is 76.4 cm³/mol. The fourth-order valence-electron chi connectivity index (χ4n) is 2.17. The van der Waals surface area contributed by atoms with E-state index in [-0.39, 0.29) is 10.6 Å². The first-order valence-corrected chi connectivity index (χ1v) is 5.98. The highest BCUT2D eigenvalue weighted by atomic mass is 16.6. The van der Waals surface area contributed by atoms with Crippen molar-refractivity contribution in [2.75, 3.05) is 0 Å². The molecule has 3 heteroatoms. The largest absolute Gasteiger partial charge is 0.269 e. The fraction of sp³-hybridized carbons (Fsp3) is 0. The average Bonchev–Trinajstić information content (AvgIpc) is 2.83. The standard InChI is InChI=1S/C16H11NO2/c18-17(19)15-9-5-12(6-10-15)11-14-8-7-13-3-1-2-4-16(13)14/h1-11H. The summed E-state index contributed by atoms with van der Waals surface area (Å²) in [5.41, 5.74) is 4.60. The number of non-ortho nitro benzene ring substituents is 1. The van der Waals surface area contributed by atoms with Gasteiger partial charge in [-0.15, -0.1) is 0 Å². The van der Waals surface area contributed by atoms with Gasteiger partial charge in [-0.3, -0.25) is 10.1 Å². The minimum Gasteiger partial charge on any atom is -0.258 e. The van der Waals surface area contributed by atoms with Crippen LogP contribution in [0.1, 0.15) is 16.7 Å². The Morgan fingerprint density at radius 3 is 2.42 bits per heavy atom. The van der Waals surface area contributed by atoms with E-state index in [9.17, 15) is 10.1 Å². The minimum atomic E-state index is -0.387. The summed E-state index contributed by atoms with van der Waals surface area (Å²) in [6.07, 6.45) is 6.17. The molecular formula is C16H11NO2. The Labute approximate surface area is 110 Å². The van der Waals surface area contributed by atoms with Gasteiger partial charge in [0.15, 0.2) is 0 Å². The number of benzene rings is 2. The van der Waals surface area contributed by atoms with Gasteiger partial charge in [0.2, 0.25) is 0 Å². The Morgan fingerprint density at radius 1 is 0.947 bits per heavy atom. The molecule has 0 unspecified atom stereocenters. The first kappa shape index (κ1) is 11.4. The van der Waals surface area contributed by atoms with Crippen molar-refractivity contribution in [1.29, 1.82) is 0 Å². The van der Waals surface area contributed by atoms with Crippen LogP contribution in [-0.2, 0) is 0 Å². The van der Waals surface area contributed by atoms with Crippen molar-refractivity contribution in [2.24, 2.45) is 0 Å². The summed E-state index contributed by atoms with van der Waals surface area (Å²) >= 11 is 0. The van der Waals surface area contributed by atoms with E-state index in [4.69, 9.17) is 0 Å². The fourth-order valence-corrected chi connectivity index (χ4v) is 2.17. The normalized spacial score (nSPS) is 14.6. The van der Waals surface area contributed by atoms with Crippen molar-refractivity contribution in [3.63, 3.8) is 0 Å². The highest BCUT2D eigenvalue weighted by Crippen LogP contribution is 2.30. The molecule has 2 aromatic rings. The van der Waals surface area contributed by atoms with Gasteiger partial charge in [0.1, 0.15) is 0 Å². The van der Waals surface area contributed by atoms with Gasteiger partial charge in [-0.05, 0) is 40.5 Å². The van der Waals surface area contributed by atoms with E-state index in [1.165, 1.54) is 23.3 Å². The molecule has 92 valence electrons. The van der Waals surface area contributed by atoms with E-state index < -0.39 is 0 Å². The summed E-state index contributed by atoms with van der Waals surface area (Å²) in [4.78, 5) is 10.2. The quantitative estimate of drug-likeness (QED) is 0.592. The lowest BCUT2D eigenvalue weighted by molar-refractivity contribution is -0.384. The molecule has 0 N–H and O–H groups in total. The zero-order valence-electron chi connectivity index (χ0n) is 10.1. The molecule has 2 aromatic carbocycles. The van der Waals surface area contributed by atoms with Crippen LogP contribution in [0, 0.1) is 10.1 Å². The highest BCUT2D eigenvalue weighted by Gasteiger charge is 2.09. The van der Waals surface area contributed by atoms with Crippen LogP contribution >= 0.6 is 0 Å². The molecule has 0 radical (unpaired) electrons. The Bertz CT molecular complexity index is 697. The van der Waals surface area contributed by atoms with E-state index >= 15 is 0 Å². The maximum atomic E-state index is 10.6. The van der Waals surface area contributed by atoms with Gasteiger partial charge >= 0.3 is 0 Å². The number of allylic oxidation sites excluding steroid dienone is 2. The van der Waals surface area contributed by atoms with Crippen molar-refractivity contribution in [1.82, 2.24) is 0 Å². The van der Waals surface area contributed by atoms with E-state index in [1.54, 1.807) is 12.1 Å². The Balaban J connectivity index is 1.95. The van der Waals surface area contributed by atoms with Crippen LogP contribution in [0.3, 0.4) is 0 Å². The van der Waals surface area contributed by atoms with Crippen LogP contribution in [0.5, 0.6) is 0 Å². The van der Waals surface area contributed by atoms with Crippen molar-refractivity contribution in [3.05, 3.63) is 81.4 Å². The topological polar surface area (TPSA) is 43.1 Å². The Hall–Kier alpha value is -2.68. The molecule has 0 bridgehead atoms. The average molecular weight is 249 g/mol. The van der Waals surface area contributed by atoms with Crippen molar-refractivity contribution in [3.8, 4) is 0 Å².